The van der Waals surface area contributed by atoms with Crippen LogP contribution in [-0.2, 0) is 19.6 Å². The highest BCUT2D eigenvalue weighted by Gasteiger charge is 2.22. The van der Waals surface area contributed by atoms with E-state index in [9.17, 15) is 17.6 Å². The number of primary sulfonamides is 1. The molecule has 1 aromatic carbocycles. The van der Waals surface area contributed by atoms with Crippen LogP contribution >= 0.6 is 0 Å². The Morgan fingerprint density at radius 1 is 1.45 bits per heavy atom. The maximum absolute atomic E-state index is 13.6. The van der Waals surface area contributed by atoms with Crippen LogP contribution in [0.1, 0.15) is 12.8 Å². The molecule has 8 heteroatoms. The first-order chi connectivity index (χ1) is 9.38. The van der Waals surface area contributed by atoms with Gasteiger partial charge in [-0.15, -0.1) is 0 Å². The molecular formula is C12H15FN2O4S. The molecule has 1 fully saturated rings. The lowest BCUT2D eigenvalue weighted by Gasteiger charge is -2.21. The molecule has 3 N–H and O–H groups in total. The van der Waals surface area contributed by atoms with Gasteiger partial charge in [0.2, 0.25) is 15.9 Å². The van der Waals surface area contributed by atoms with Crippen LogP contribution in [0.25, 0.3) is 0 Å². The molecule has 20 heavy (non-hydrogen) atoms. The van der Waals surface area contributed by atoms with Crippen LogP contribution in [0, 0.1) is 11.7 Å². The SMILES string of the molecule is NS(=O)(=O)c1ccc(NC(=O)C2CCCOC2)cc1F. The number of carbonyl (C=O) groups excluding carboxylic acids is 1. The summed E-state index contributed by atoms with van der Waals surface area (Å²) in [4.78, 5) is 11.3. The molecule has 1 aliphatic heterocycles. The normalized spacial score (nSPS) is 19.6. The minimum atomic E-state index is -4.11. The van der Waals surface area contributed by atoms with E-state index < -0.39 is 20.7 Å². The quantitative estimate of drug-likeness (QED) is 0.864. The fourth-order valence-electron chi connectivity index (χ4n) is 2.00. The van der Waals surface area contributed by atoms with E-state index in [0.717, 1.165) is 18.6 Å². The van der Waals surface area contributed by atoms with Gasteiger partial charge in [-0.1, -0.05) is 0 Å². The zero-order valence-corrected chi connectivity index (χ0v) is 11.5. The lowest BCUT2D eigenvalue weighted by atomic mass is 10.0. The van der Waals surface area contributed by atoms with Crippen LogP contribution in [0.15, 0.2) is 23.1 Å². The molecule has 0 saturated carbocycles. The summed E-state index contributed by atoms with van der Waals surface area (Å²) in [6.07, 6.45) is 1.51. The number of nitrogens with one attached hydrogen (secondary N) is 1. The fourth-order valence-corrected chi connectivity index (χ4v) is 2.59. The summed E-state index contributed by atoms with van der Waals surface area (Å²) in [5.74, 6) is -1.54. The lowest BCUT2D eigenvalue weighted by molar-refractivity contribution is -0.123. The van der Waals surface area contributed by atoms with E-state index in [1.807, 2.05) is 0 Å². The number of hydrogen-bond donors (Lipinski definition) is 2. The van der Waals surface area contributed by atoms with E-state index in [2.05, 4.69) is 5.32 Å². The van der Waals surface area contributed by atoms with Crippen molar-refractivity contribution in [2.24, 2.45) is 11.1 Å². The van der Waals surface area contributed by atoms with E-state index in [4.69, 9.17) is 9.88 Å². The average Bonchev–Trinajstić information content (AvgIpc) is 2.38. The van der Waals surface area contributed by atoms with E-state index in [-0.39, 0.29) is 17.5 Å². The number of anilines is 1. The topological polar surface area (TPSA) is 98.5 Å². The van der Waals surface area contributed by atoms with E-state index in [1.54, 1.807) is 0 Å². The highest BCUT2D eigenvalue weighted by molar-refractivity contribution is 7.89. The first kappa shape index (κ1) is 14.9. The van der Waals surface area contributed by atoms with Gasteiger partial charge >= 0.3 is 0 Å². The summed E-state index contributed by atoms with van der Waals surface area (Å²) >= 11 is 0. The zero-order valence-electron chi connectivity index (χ0n) is 10.6. The van der Waals surface area contributed by atoms with Gasteiger partial charge in [0.05, 0.1) is 12.5 Å². The number of amides is 1. The summed E-state index contributed by atoms with van der Waals surface area (Å²) in [7, 11) is -4.11. The third kappa shape index (κ3) is 3.53. The van der Waals surface area contributed by atoms with Crippen LogP contribution in [0.5, 0.6) is 0 Å². The maximum atomic E-state index is 13.6. The zero-order chi connectivity index (χ0) is 14.8. The van der Waals surface area contributed by atoms with Gasteiger partial charge in [-0.05, 0) is 31.0 Å². The minimum absolute atomic E-state index is 0.186. The van der Waals surface area contributed by atoms with Crippen molar-refractivity contribution in [3.8, 4) is 0 Å². The molecule has 1 aromatic rings. The average molecular weight is 302 g/mol. The standard InChI is InChI=1S/C12H15FN2O4S/c13-10-6-9(3-4-11(10)20(14,17)18)15-12(16)8-2-1-5-19-7-8/h3-4,6,8H,1-2,5,7H2,(H,15,16)(H2,14,17,18). The number of benzene rings is 1. The first-order valence-corrected chi connectivity index (χ1v) is 7.63. The van der Waals surface area contributed by atoms with Gasteiger partial charge in [0.25, 0.3) is 0 Å². The van der Waals surface area contributed by atoms with Gasteiger partial charge in [0.1, 0.15) is 10.7 Å². The van der Waals surface area contributed by atoms with Crippen molar-refractivity contribution >= 4 is 21.6 Å². The fraction of sp³-hybridized carbons (Fsp3) is 0.417. The number of sulfonamides is 1. The number of ether oxygens (including phenoxy) is 1. The van der Waals surface area contributed by atoms with Gasteiger partial charge in [-0.3, -0.25) is 4.79 Å². The van der Waals surface area contributed by atoms with Gasteiger partial charge in [-0.25, -0.2) is 17.9 Å². The molecule has 0 aliphatic carbocycles. The second kappa shape index (κ2) is 5.86. The Labute approximate surface area is 116 Å². The van der Waals surface area contributed by atoms with Crippen molar-refractivity contribution in [3.63, 3.8) is 0 Å². The minimum Gasteiger partial charge on any atom is -0.381 e. The summed E-state index contributed by atoms with van der Waals surface area (Å²) in [5.41, 5.74) is 0.186. The predicted molar refractivity (Wildman–Crippen MR) is 69.9 cm³/mol. The van der Waals surface area contributed by atoms with Gasteiger partial charge < -0.3 is 10.1 Å². The molecule has 0 radical (unpaired) electrons. The summed E-state index contributed by atoms with van der Waals surface area (Å²) < 4.78 is 40.9. The molecule has 1 saturated heterocycles. The number of halogens is 1. The van der Waals surface area contributed by atoms with Crippen LogP contribution in [0.2, 0.25) is 0 Å². The van der Waals surface area contributed by atoms with E-state index in [0.29, 0.717) is 19.6 Å². The van der Waals surface area contributed by atoms with E-state index in [1.165, 1.54) is 6.07 Å². The number of carbonyl (C=O) groups is 1. The molecule has 1 heterocycles. The van der Waals surface area contributed by atoms with Crippen molar-refractivity contribution < 1.29 is 22.3 Å². The molecule has 6 nitrogen and oxygen atoms in total. The van der Waals surface area contributed by atoms with Crippen LogP contribution in [-0.4, -0.2) is 27.5 Å². The monoisotopic (exact) mass is 302 g/mol. The summed E-state index contributed by atoms with van der Waals surface area (Å²) in [6, 6.07) is 3.25. The van der Waals surface area contributed by atoms with Crippen LogP contribution in [0.3, 0.4) is 0 Å². The van der Waals surface area contributed by atoms with Gasteiger partial charge in [0, 0.05) is 12.3 Å². The molecular weight excluding hydrogens is 287 g/mol. The molecule has 1 amide bonds. The predicted octanol–water partition coefficient (Wildman–Crippen LogP) is 0.838. The number of nitrogens with two attached hydrogens (primary N) is 1. The van der Waals surface area contributed by atoms with Crippen molar-refractivity contribution in [1.82, 2.24) is 0 Å². The molecule has 0 spiro atoms. The van der Waals surface area contributed by atoms with Gasteiger partial charge in [0.15, 0.2) is 0 Å². The second-order valence-electron chi connectivity index (χ2n) is 4.59. The van der Waals surface area contributed by atoms with Gasteiger partial charge in [-0.2, -0.15) is 0 Å². The third-order valence-corrected chi connectivity index (χ3v) is 3.98. The number of hydrogen-bond acceptors (Lipinski definition) is 4. The van der Waals surface area contributed by atoms with E-state index >= 15 is 0 Å². The third-order valence-electron chi connectivity index (χ3n) is 3.04. The smallest absolute Gasteiger partial charge is 0.240 e. The van der Waals surface area contributed by atoms with Crippen LogP contribution in [0.4, 0.5) is 10.1 Å². The Balaban J connectivity index is 2.10. The summed E-state index contributed by atoms with van der Waals surface area (Å²) in [5, 5.41) is 7.39. The highest BCUT2D eigenvalue weighted by atomic mass is 32.2. The Hall–Kier alpha value is -1.51. The Morgan fingerprint density at radius 3 is 2.75 bits per heavy atom. The Morgan fingerprint density at radius 2 is 2.20 bits per heavy atom. The highest BCUT2D eigenvalue weighted by Crippen LogP contribution is 2.20. The molecule has 110 valence electrons. The largest absolute Gasteiger partial charge is 0.381 e. The van der Waals surface area contributed by atoms with Crippen LogP contribution < -0.4 is 10.5 Å². The second-order valence-corrected chi connectivity index (χ2v) is 6.12. The van der Waals surface area contributed by atoms with Crippen molar-refractivity contribution in [2.45, 2.75) is 17.7 Å². The lowest BCUT2D eigenvalue weighted by Crippen LogP contribution is -2.30. The molecule has 1 aliphatic rings. The molecule has 1 atom stereocenters. The maximum Gasteiger partial charge on any atom is 0.240 e. The molecule has 1 unspecified atom stereocenters. The number of rotatable bonds is 3. The molecule has 0 bridgehead atoms. The van der Waals surface area contributed by atoms with Crippen molar-refractivity contribution in [1.29, 1.82) is 0 Å². The summed E-state index contributed by atoms with van der Waals surface area (Å²) in [6.45, 7) is 0.977. The van der Waals surface area contributed by atoms with Crippen molar-refractivity contribution in [3.05, 3.63) is 24.0 Å². The molecule has 0 aromatic heterocycles. The Bertz CT molecular complexity index is 612. The first-order valence-electron chi connectivity index (χ1n) is 6.09. The van der Waals surface area contributed by atoms with Crippen molar-refractivity contribution in [2.75, 3.05) is 18.5 Å². The Kier molecular flexibility index (Phi) is 4.36. The molecule has 2 rings (SSSR count).